The first-order valence-electron chi connectivity index (χ1n) is 10.4. The Labute approximate surface area is 178 Å². The van der Waals surface area contributed by atoms with Crippen LogP contribution in [0.5, 0.6) is 0 Å². The molecule has 0 atom stereocenters. The lowest BCUT2D eigenvalue weighted by Crippen LogP contribution is -2.36. The normalized spacial score (nSPS) is 14.1. The molecule has 30 heavy (non-hydrogen) atoms. The molecule has 3 aromatic carbocycles. The Morgan fingerprint density at radius 3 is 2.20 bits per heavy atom. The van der Waals surface area contributed by atoms with Gasteiger partial charge in [0.05, 0.1) is 18.1 Å². The van der Waals surface area contributed by atoms with E-state index >= 15 is 0 Å². The number of rotatable bonds is 4. The third-order valence-corrected chi connectivity index (χ3v) is 5.63. The zero-order valence-corrected chi connectivity index (χ0v) is 17.0. The summed E-state index contributed by atoms with van der Waals surface area (Å²) in [4.78, 5) is 17.1. The lowest BCUT2D eigenvalue weighted by molar-refractivity contribution is -0.130. The third-order valence-electron chi connectivity index (χ3n) is 5.63. The van der Waals surface area contributed by atoms with Gasteiger partial charge in [0.1, 0.15) is 0 Å². The van der Waals surface area contributed by atoms with E-state index in [0.717, 1.165) is 43.9 Å². The van der Waals surface area contributed by atoms with Gasteiger partial charge in [-0.1, -0.05) is 54.6 Å². The summed E-state index contributed by atoms with van der Waals surface area (Å²) in [5, 5.41) is 8.97. The fourth-order valence-electron chi connectivity index (χ4n) is 3.90. The van der Waals surface area contributed by atoms with Crippen LogP contribution in [0, 0.1) is 11.3 Å². The van der Waals surface area contributed by atoms with Gasteiger partial charge in [-0.05, 0) is 47.4 Å². The smallest absolute Gasteiger partial charge is 0.227 e. The van der Waals surface area contributed by atoms with Gasteiger partial charge >= 0.3 is 0 Å². The first-order valence-corrected chi connectivity index (χ1v) is 10.4. The SMILES string of the molecule is N#Cc1ccc(N2CCCN(C(=O)Cc3ccc(-c4ccccc4)cc3)CC2)cc1. The van der Waals surface area contributed by atoms with Crippen LogP contribution in [-0.4, -0.2) is 37.0 Å². The number of benzene rings is 3. The van der Waals surface area contributed by atoms with Gasteiger partial charge in [0.2, 0.25) is 5.91 Å². The van der Waals surface area contributed by atoms with Gasteiger partial charge in [-0.3, -0.25) is 4.79 Å². The molecular formula is C26H25N3O. The molecule has 1 aliphatic heterocycles. The summed E-state index contributed by atoms with van der Waals surface area (Å²) >= 11 is 0. The number of hydrogen-bond donors (Lipinski definition) is 0. The quantitative estimate of drug-likeness (QED) is 0.653. The van der Waals surface area contributed by atoms with E-state index < -0.39 is 0 Å². The van der Waals surface area contributed by atoms with Crippen LogP contribution >= 0.6 is 0 Å². The molecule has 1 aliphatic rings. The van der Waals surface area contributed by atoms with Crippen LogP contribution in [0.4, 0.5) is 5.69 Å². The van der Waals surface area contributed by atoms with Crippen LogP contribution in [0.3, 0.4) is 0 Å². The topological polar surface area (TPSA) is 47.3 Å². The molecule has 1 saturated heterocycles. The molecule has 1 fully saturated rings. The summed E-state index contributed by atoms with van der Waals surface area (Å²) in [6.45, 7) is 3.24. The van der Waals surface area contributed by atoms with Crippen molar-refractivity contribution in [3.8, 4) is 17.2 Å². The average molecular weight is 396 g/mol. The number of carbonyl (C=O) groups is 1. The molecule has 0 saturated carbocycles. The third kappa shape index (κ3) is 4.69. The van der Waals surface area contributed by atoms with Crippen LogP contribution < -0.4 is 4.90 Å². The lowest BCUT2D eigenvalue weighted by atomic mass is 10.0. The van der Waals surface area contributed by atoms with E-state index in [-0.39, 0.29) is 5.91 Å². The highest BCUT2D eigenvalue weighted by Gasteiger charge is 2.19. The maximum atomic E-state index is 12.9. The van der Waals surface area contributed by atoms with Crippen molar-refractivity contribution >= 4 is 11.6 Å². The molecular weight excluding hydrogens is 370 g/mol. The van der Waals surface area contributed by atoms with Crippen molar-refractivity contribution in [2.45, 2.75) is 12.8 Å². The predicted octanol–water partition coefficient (Wildman–Crippen LogP) is 4.51. The minimum absolute atomic E-state index is 0.184. The van der Waals surface area contributed by atoms with E-state index in [1.807, 2.05) is 47.4 Å². The van der Waals surface area contributed by atoms with Crippen molar-refractivity contribution in [3.63, 3.8) is 0 Å². The number of nitriles is 1. The molecule has 150 valence electrons. The van der Waals surface area contributed by atoms with Crippen LogP contribution in [0.1, 0.15) is 17.5 Å². The number of hydrogen-bond acceptors (Lipinski definition) is 3. The Kier molecular flexibility index (Phi) is 6.10. The number of anilines is 1. The summed E-state index contributed by atoms with van der Waals surface area (Å²) in [5.74, 6) is 0.184. The molecule has 3 aromatic rings. The van der Waals surface area contributed by atoms with E-state index in [1.165, 1.54) is 11.1 Å². The minimum Gasteiger partial charge on any atom is -0.370 e. The maximum absolute atomic E-state index is 12.9. The van der Waals surface area contributed by atoms with Gasteiger partial charge in [0, 0.05) is 31.9 Å². The van der Waals surface area contributed by atoms with E-state index in [9.17, 15) is 4.79 Å². The van der Waals surface area contributed by atoms with Gasteiger partial charge in [0.25, 0.3) is 0 Å². The monoisotopic (exact) mass is 395 g/mol. The second-order valence-corrected chi connectivity index (χ2v) is 7.62. The Bertz CT molecular complexity index is 1020. The summed E-state index contributed by atoms with van der Waals surface area (Å²) in [5.41, 5.74) is 5.18. The van der Waals surface area contributed by atoms with E-state index in [1.54, 1.807) is 0 Å². The van der Waals surface area contributed by atoms with Gasteiger partial charge in [-0.2, -0.15) is 5.26 Å². The van der Waals surface area contributed by atoms with Crippen LogP contribution in [-0.2, 0) is 11.2 Å². The molecule has 0 spiro atoms. The molecule has 0 aromatic heterocycles. The Morgan fingerprint density at radius 2 is 1.50 bits per heavy atom. The van der Waals surface area contributed by atoms with Crippen molar-refractivity contribution in [2.75, 3.05) is 31.1 Å². The van der Waals surface area contributed by atoms with Crippen LogP contribution in [0.15, 0.2) is 78.9 Å². The minimum atomic E-state index is 0.184. The summed E-state index contributed by atoms with van der Waals surface area (Å²) < 4.78 is 0. The van der Waals surface area contributed by atoms with E-state index in [2.05, 4.69) is 47.4 Å². The van der Waals surface area contributed by atoms with E-state index in [4.69, 9.17) is 5.26 Å². The van der Waals surface area contributed by atoms with Crippen molar-refractivity contribution < 1.29 is 4.79 Å². The second kappa shape index (κ2) is 9.28. The van der Waals surface area contributed by atoms with Crippen LogP contribution in [0.2, 0.25) is 0 Å². The first kappa shape index (κ1) is 19.7. The van der Waals surface area contributed by atoms with Crippen molar-refractivity contribution in [2.24, 2.45) is 0 Å². The average Bonchev–Trinajstić information content (AvgIpc) is 3.07. The second-order valence-electron chi connectivity index (χ2n) is 7.62. The van der Waals surface area contributed by atoms with Crippen LogP contribution in [0.25, 0.3) is 11.1 Å². The molecule has 0 aliphatic carbocycles. The number of amides is 1. The highest BCUT2D eigenvalue weighted by Crippen LogP contribution is 2.20. The molecule has 1 amide bonds. The summed E-state index contributed by atoms with van der Waals surface area (Å²) in [7, 11) is 0. The predicted molar refractivity (Wildman–Crippen MR) is 120 cm³/mol. The Hall–Kier alpha value is -3.58. The fourth-order valence-corrected chi connectivity index (χ4v) is 3.90. The standard InChI is InChI=1S/C26H25N3O/c27-20-22-9-13-25(14-10-22)28-15-4-16-29(18-17-28)26(30)19-21-7-11-24(12-8-21)23-5-2-1-3-6-23/h1-3,5-14H,4,15-19H2. The molecule has 4 nitrogen and oxygen atoms in total. The largest absolute Gasteiger partial charge is 0.370 e. The Morgan fingerprint density at radius 1 is 0.800 bits per heavy atom. The first-order chi connectivity index (χ1) is 14.7. The van der Waals surface area contributed by atoms with Crippen molar-refractivity contribution in [3.05, 3.63) is 90.0 Å². The molecule has 4 heteroatoms. The molecule has 4 rings (SSSR count). The maximum Gasteiger partial charge on any atom is 0.227 e. The van der Waals surface area contributed by atoms with Crippen molar-refractivity contribution in [1.82, 2.24) is 4.90 Å². The molecule has 0 N–H and O–H groups in total. The number of carbonyl (C=O) groups excluding carboxylic acids is 1. The molecule has 0 bridgehead atoms. The summed E-state index contributed by atoms with van der Waals surface area (Å²) in [6.07, 6.45) is 1.38. The highest BCUT2D eigenvalue weighted by atomic mass is 16.2. The number of nitrogens with zero attached hydrogens (tertiary/aromatic N) is 3. The highest BCUT2D eigenvalue weighted by molar-refractivity contribution is 5.79. The summed E-state index contributed by atoms with van der Waals surface area (Å²) in [6, 6.07) is 28.4. The van der Waals surface area contributed by atoms with E-state index in [0.29, 0.717) is 12.0 Å². The molecule has 0 radical (unpaired) electrons. The molecule has 0 unspecified atom stereocenters. The van der Waals surface area contributed by atoms with Gasteiger partial charge in [-0.25, -0.2) is 0 Å². The zero-order valence-electron chi connectivity index (χ0n) is 17.0. The fraction of sp³-hybridized carbons (Fsp3) is 0.231. The Balaban J connectivity index is 1.35. The molecule has 1 heterocycles. The van der Waals surface area contributed by atoms with Gasteiger partial charge in [-0.15, -0.1) is 0 Å². The zero-order chi connectivity index (χ0) is 20.8. The van der Waals surface area contributed by atoms with Gasteiger partial charge in [0.15, 0.2) is 0 Å². The van der Waals surface area contributed by atoms with Gasteiger partial charge < -0.3 is 9.80 Å². The van der Waals surface area contributed by atoms with Crippen molar-refractivity contribution in [1.29, 1.82) is 5.26 Å². The lowest BCUT2D eigenvalue weighted by Gasteiger charge is -2.24.